The lowest BCUT2D eigenvalue weighted by atomic mass is 9.96. The van der Waals surface area contributed by atoms with Crippen molar-refractivity contribution in [3.05, 3.63) is 57.6 Å². The lowest BCUT2D eigenvalue weighted by Crippen LogP contribution is -2.45. The third-order valence-electron chi connectivity index (χ3n) is 4.52. The lowest BCUT2D eigenvalue weighted by molar-refractivity contribution is -0.120. The maximum Gasteiger partial charge on any atom is 0.243 e. The molecule has 0 radical (unpaired) electrons. The molecule has 1 amide bonds. The van der Waals surface area contributed by atoms with Crippen molar-refractivity contribution in [3.8, 4) is 22.5 Å². The Morgan fingerprint density at radius 3 is 2.73 bits per heavy atom. The molecule has 3 rings (SSSR count). The predicted molar refractivity (Wildman–Crippen MR) is 125 cm³/mol. The molecule has 12 heteroatoms. The number of nitrogens with one attached hydrogen (secondary N) is 3. The van der Waals surface area contributed by atoms with Gasteiger partial charge in [-0.15, -0.1) is 0 Å². The van der Waals surface area contributed by atoms with Gasteiger partial charge in [-0.3, -0.25) is 15.6 Å². The summed E-state index contributed by atoms with van der Waals surface area (Å²) in [4.78, 5) is 19.8. The molecule has 0 saturated heterocycles. The van der Waals surface area contributed by atoms with Gasteiger partial charge >= 0.3 is 0 Å². The smallest absolute Gasteiger partial charge is 0.243 e. The molecule has 0 saturated carbocycles. The zero-order valence-electron chi connectivity index (χ0n) is 17.6. The number of benzene rings is 2. The fourth-order valence-corrected chi connectivity index (χ4v) is 3.59. The van der Waals surface area contributed by atoms with Gasteiger partial charge in [0, 0.05) is 23.2 Å². The van der Waals surface area contributed by atoms with E-state index in [4.69, 9.17) is 38.9 Å². The molecule has 3 aromatic rings. The number of aromatic nitrogens is 2. The van der Waals surface area contributed by atoms with E-state index in [1.807, 2.05) is 0 Å². The van der Waals surface area contributed by atoms with E-state index in [1.165, 1.54) is 6.07 Å². The van der Waals surface area contributed by atoms with Gasteiger partial charge in [0.2, 0.25) is 23.6 Å². The molecule has 0 aliphatic carbocycles. The number of carbonyl (C=O) groups excluding carboxylic acids is 1. The summed E-state index contributed by atoms with van der Waals surface area (Å²) in [6.45, 7) is 3.37. The number of carbonyl (C=O) groups is 1. The van der Waals surface area contributed by atoms with Gasteiger partial charge in [0.15, 0.2) is 0 Å². The van der Waals surface area contributed by atoms with Crippen molar-refractivity contribution in [1.82, 2.24) is 21.0 Å². The summed E-state index contributed by atoms with van der Waals surface area (Å²) in [5.41, 5.74) is 12.4. The number of hydrogen-bond acceptors (Lipinski definition) is 6. The monoisotopic (exact) mass is 491 g/mol. The van der Waals surface area contributed by atoms with Gasteiger partial charge in [-0.1, -0.05) is 40.5 Å². The van der Waals surface area contributed by atoms with Crippen LogP contribution in [0.5, 0.6) is 0 Å². The van der Waals surface area contributed by atoms with Gasteiger partial charge in [-0.2, -0.15) is 4.98 Å². The molecule has 2 aromatic carbocycles. The van der Waals surface area contributed by atoms with Gasteiger partial charge in [0.05, 0.1) is 18.0 Å². The van der Waals surface area contributed by atoms with Crippen LogP contribution in [-0.2, 0) is 4.79 Å². The Kier molecular flexibility index (Phi) is 7.62. The number of guanidine groups is 1. The zero-order valence-corrected chi connectivity index (χ0v) is 19.1. The second-order valence-corrected chi connectivity index (χ2v) is 7.80. The first-order chi connectivity index (χ1) is 15.7. The van der Waals surface area contributed by atoms with Crippen LogP contribution in [0.15, 0.2) is 39.8 Å². The average Bonchev–Trinajstić information content (AvgIpc) is 3.17. The van der Waals surface area contributed by atoms with Crippen molar-refractivity contribution in [2.75, 3.05) is 0 Å². The Hall–Kier alpha value is -3.50. The average molecular weight is 492 g/mol. The molecular formula is C21H20Cl2FN7O2. The molecule has 172 valence electrons. The number of hydrogen-bond donors (Lipinski definition) is 4. The fourth-order valence-electron chi connectivity index (χ4n) is 3.05. The third-order valence-corrected chi connectivity index (χ3v) is 5.06. The van der Waals surface area contributed by atoms with Crippen LogP contribution in [0.3, 0.4) is 0 Å². The molecular weight excluding hydrogens is 472 g/mol. The summed E-state index contributed by atoms with van der Waals surface area (Å²) < 4.78 is 19.8. The molecule has 33 heavy (non-hydrogen) atoms. The van der Waals surface area contributed by atoms with Crippen LogP contribution in [0.2, 0.25) is 10.0 Å². The normalized spacial score (nSPS) is 12.3. The summed E-state index contributed by atoms with van der Waals surface area (Å²) in [7, 11) is 0. The highest BCUT2D eigenvalue weighted by Crippen LogP contribution is 2.38. The first-order valence-corrected chi connectivity index (χ1v) is 10.4. The van der Waals surface area contributed by atoms with Crippen molar-refractivity contribution >= 4 is 41.3 Å². The molecule has 9 nitrogen and oxygen atoms in total. The van der Waals surface area contributed by atoms with Crippen LogP contribution < -0.4 is 16.6 Å². The maximum atomic E-state index is 14.8. The first-order valence-electron chi connectivity index (χ1n) is 9.66. The van der Waals surface area contributed by atoms with Crippen molar-refractivity contribution in [2.45, 2.75) is 26.3 Å². The minimum atomic E-state index is -0.597. The maximum absolute atomic E-state index is 14.8. The van der Waals surface area contributed by atoms with Crippen LogP contribution in [0.1, 0.15) is 30.8 Å². The van der Waals surface area contributed by atoms with Crippen molar-refractivity contribution in [1.29, 1.82) is 5.41 Å². The molecule has 0 aliphatic heterocycles. The van der Waals surface area contributed by atoms with Gasteiger partial charge in [-0.25, -0.2) is 9.38 Å². The van der Waals surface area contributed by atoms with E-state index < -0.39 is 17.8 Å². The molecule has 1 heterocycles. The molecule has 0 bridgehead atoms. The Bertz CT molecular complexity index is 1230. The van der Waals surface area contributed by atoms with Crippen molar-refractivity contribution in [2.24, 2.45) is 10.7 Å². The van der Waals surface area contributed by atoms with Crippen LogP contribution in [-0.4, -0.2) is 28.2 Å². The summed E-state index contributed by atoms with van der Waals surface area (Å²) in [6, 6.07) is 7.43. The van der Waals surface area contributed by atoms with Crippen LogP contribution in [0.25, 0.3) is 22.5 Å². The largest absolute Gasteiger partial charge is 0.369 e. The zero-order chi connectivity index (χ0) is 24.1. The summed E-state index contributed by atoms with van der Waals surface area (Å²) in [5.74, 6) is -0.670. The van der Waals surface area contributed by atoms with E-state index in [9.17, 15) is 9.18 Å². The van der Waals surface area contributed by atoms with Gasteiger partial charge in [0.25, 0.3) is 0 Å². The van der Waals surface area contributed by atoms with Gasteiger partial charge in [0.1, 0.15) is 5.82 Å². The van der Waals surface area contributed by atoms with E-state index >= 15 is 0 Å². The Balaban J connectivity index is 1.90. The SMILES string of the molecule is Cc1nc(-c2c(F)cc(Cl)cc2-c2ccc([C@@H](C)N=C(N)NNC(=O)CC=N)c(Cl)c2)no1. The van der Waals surface area contributed by atoms with E-state index in [2.05, 4.69) is 26.0 Å². The summed E-state index contributed by atoms with van der Waals surface area (Å²) in [5, 5.41) is 11.3. The Labute approximate surface area is 198 Å². The molecule has 0 unspecified atom stereocenters. The fraction of sp³-hybridized carbons (Fsp3) is 0.190. The predicted octanol–water partition coefficient (Wildman–Crippen LogP) is 4.19. The number of hydrazine groups is 1. The number of aliphatic imine (C=N–C) groups is 1. The van der Waals surface area contributed by atoms with E-state index in [-0.39, 0.29) is 28.8 Å². The Morgan fingerprint density at radius 2 is 2.09 bits per heavy atom. The second-order valence-electron chi connectivity index (χ2n) is 6.96. The minimum Gasteiger partial charge on any atom is -0.369 e. The Morgan fingerprint density at radius 1 is 1.33 bits per heavy atom. The van der Waals surface area contributed by atoms with Gasteiger partial charge in [-0.05, 0) is 41.8 Å². The highest BCUT2D eigenvalue weighted by atomic mass is 35.5. The van der Waals surface area contributed by atoms with Crippen molar-refractivity contribution < 1.29 is 13.7 Å². The van der Waals surface area contributed by atoms with E-state index in [0.717, 1.165) is 6.21 Å². The van der Waals surface area contributed by atoms with Crippen LogP contribution in [0.4, 0.5) is 4.39 Å². The second kappa shape index (κ2) is 10.4. The van der Waals surface area contributed by atoms with Gasteiger partial charge < -0.3 is 15.7 Å². The van der Waals surface area contributed by atoms with Crippen molar-refractivity contribution in [3.63, 3.8) is 0 Å². The number of aryl methyl sites for hydroxylation is 1. The molecule has 1 aromatic heterocycles. The van der Waals surface area contributed by atoms with Crippen LogP contribution >= 0.6 is 23.2 Å². The van der Waals surface area contributed by atoms with E-state index in [1.54, 1.807) is 38.1 Å². The summed E-state index contributed by atoms with van der Waals surface area (Å²) in [6.07, 6.45) is 0.879. The van der Waals surface area contributed by atoms with E-state index in [0.29, 0.717) is 27.6 Å². The number of halogens is 3. The molecule has 0 spiro atoms. The number of nitrogens with zero attached hydrogens (tertiary/aromatic N) is 3. The number of nitrogens with two attached hydrogens (primary N) is 1. The summed E-state index contributed by atoms with van der Waals surface area (Å²) >= 11 is 12.6. The molecule has 5 N–H and O–H groups in total. The third kappa shape index (κ3) is 5.85. The molecule has 1 atom stereocenters. The topological polar surface area (TPSA) is 142 Å². The highest BCUT2D eigenvalue weighted by molar-refractivity contribution is 6.32. The van der Waals surface area contributed by atoms with Crippen LogP contribution in [0, 0.1) is 18.2 Å². The molecule has 0 fully saturated rings. The first kappa shape index (κ1) is 24.1. The highest BCUT2D eigenvalue weighted by Gasteiger charge is 2.20. The number of rotatable bonds is 6. The quantitative estimate of drug-likeness (QED) is 0.231. The number of amides is 1. The molecule has 0 aliphatic rings. The standard InChI is InChI=1S/C21H20Cl2FN7O2/c1-10(27-21(26)30-29-18(32)5-6-25)14-4-3-12(7-16(14)23)15-8-13(22)9-17(24)19(15)20-28-11(2)33-31-20/h3-4,6-10,25H,5H2,1-2H3,(H,29,32)(H3,26,27,30)/t10-/m1/s1. The lowest BCUT2D eigenvalue weighted by Gasteiger charge is -2.14. The minimum absolute atomic E-state index is 0.0346.